The van der Waals surface area contributed by atoms with E-state index in [1.54, 1.807) is 35.4 Å². The fourth-order valence-corrected chi connectivity index (χ4v) is 1.34. The van der Waals surface area contributed by atoms with Gasteiger partial charge in [0.05, 0.1) is 17.9 Å². The third-order valence-electron chi connectivity index (χ3n) is 2.29. The van der Waals surface area contributed by atoms with Gasteiger partial charge in [-0.05, 0) is 19.1 Å². The van der Waals surface area contributed by atoms with Crippen molar-refractivity contribution in [2.45, 2.75) is 19.4 Å². The zero-order valence-corrected chi connectivity index (χ0v) is 9.22. The van der Waals surface area contributed by atoms with E-state index < -0.39 is 12.5 Å². The monoisotopic (exact) mass is 238 g/mol. The summed E-state index contributed by atoms with van der Waals surface area (Å²) in [4.78, 5) is 8.05. The quantitative estimate of drug-likeness (QED) is 0.889. The molecule has 0 aromatic carbocycles. The number of alkyl halides is 2. The van der Waals surface area contributed by atoms with E-state index in [9.17, 15) is 8.78 Å². The van der Waals surface area contributed by atoms with Gasteiger partial charge in [0, 0.05) is 12.4 Å². The maximum atomic E-state index is 12.3. The van der Waals surface area contributed by atoms with Gasteiger partial charge in [0.2, 0.25) is 0 Å². The second-order valence-corrected chi connectivity index (χ2v) is 3.64. The summed E-state index contributed by atoms with van der Waals surface area (Å²) in [6.45, 7) is 1.43. The molecule has 2 aromatic heterocycles. The lowest BCUT2D eigenvalue weighted by Crippen LogP contribution is -2.23. The Balaban J connectivity index is 2.08. The largest absolute Gasteiger partial charge is 0.376 e. The molecule has 0 aliphatic heterocycles. The van der Waals surface area contributed by atoms with Crippen LogP contribution in [0.5, 0.6) is 0 Å². The van der Waals surface area contributed by atoms with E-state index in [4.69, 9.17) is 0 Å². The van der Waals surface area contributed by atoms with Crippen molar-refractivity contribution in [1.29, 1.82) is 0 Å². The molecule has 1 atom stereocenters. The highest BCUT2D eigenvalue weighted by atomic mass is 19.3. The predicted octanol–water partition coefficient (Wildman–Crippen LogP) is 2.33. The lowest BCUT2D eigenvalue weighted by Gasteiger charge is -2.13. The molecule has 1 unspecified atom stereocenters. The van der Waals surface area contributed by atoms with Gasteiger partial charge < -0.3 is 5.32 Å². The average molecular weight is 238 g/mol. The van der Waals surface area contributed by atoms with Crippen molar-refractivity contribution in [3.63, 3.8) is 0 Å². The van der Waals surface area contributed by atoms with E-state index in [-0.39, 0.29) is 0 Å². The minimum atomic E-state index is -2.40. The summed E-state index contributed by atoms with van der Waals surface area (Å²) in [5, 5.41) is 2.68. The summed E-state index contributed by atoms with van der Waals surface area (Å²) in [5.74, 6) is 0.692. The molecule has 0 fully saturated rings. The Morgan fingerprint density at radius 3 is 2.71 bits per heavy atom. The fourth-order valence-electron chi connectivity index (χ4n) is 1.34. The average Bonchev–Trinajstić information content (AvgIpc) is 2.83. The highest BCUT2D eigenvalue weighted by Gasteiger charge is 2.13. The molecule has 0 amide bonds. The molecule has 6 heteroatoms. The lowest BCUT2D eigenvalue weighted by molar-refractivity contribution is 0.130. The normalized spacial score (nSPS) is 12.7. The molecule has 1 N–H and O–H groups in total. The van der Waals surface area contributed by atoms with Gasteiger partial charge in [0.15, 0.2) is 0 Å². The summed E-state index contributed by atoms with van der Waals surface area (Å²) in [6.07, 6.45) is 4.15. The molecular formula is C11H12F2N4. The third-order valence-corrected chi connectivity index (χ3v) is 2.29. The Kier molecular flexibility index (Phi) is 3.32. The molecule has 4 nitrogen and oxygen atoms in total. The van der Waals surface area contributed by atoms with Crippen molar-refractivity contribution in [3.05, 3.63) is 37.1 Å². The van der Waals surface area contributed by atoms with Gasteiger partial charge in [-0.2, -0.15) is 0 Å². The molecule has 2 rings (SSSR count). The summed E-state index contributed by atoms with van der Waals surface area (Å²) in [6, 6.07) is 2.56. The number of anilines is 1. The Morgan fingerprint density at radius 1 is 1.35 bits per heavy atom. The number of nitrogens with zero attached hydrogens (tertiary/aromatic N) is 3. The van der Waals surface area contributed by atoms with Gasteiger partial charge in [0.1, 0.15) is 12.1 Å². The summed E-state index contributed by atoms with van der Waals surface area (Å²) < 4.78 is 26.4. The SMILES string of the molecule is CC(Nc1ccc(-n2ccnc2)nc1)C(F)F. The van der Waals surface area contributed by atoms with Gasteiger partial charge in [-0.25, -0.2) is 18.7 Å². The van der Waals surface area contributed by atoms with Crippen LogP contribution in [0.3, 0.4) is 0 Å². The standard InChI is InChI=1S/C11H12F2N4/c1-8(11(12)13)16-9-2-3-10(15-6-9)17-5-4-14-7-17/h2-8,11,16H,1H3. The Morgan fingerprint density at radius 2 is 2.18 bits per heavy atom. The number of hydrogen-bond donors (Lipinski definition) is 1. The first-order valence-corrected chi connectivity index (χ1v) is 5.16. The highest BCUT2D eigenvalue weighted by Crippen LogP contribution is 2.13. The molecule has 0 aliphatic rings. The van der Waals surface area contributed by atoms with Crippen LogP contribution in [-0.4, -0.2) is 27.0 Å². The highest BCUT2D eigenvalue weighted by molar-refractivity contribution is 5.44. The number of pyridine rings is 1. The minimum absolute atomic E-state index is 0.571. The van der Waals surface area contributed by atoms with E-state index >= 15 is 0 Å². The Bertz CT molecular complexity index is 453. The summed E-state index contributed by atoms with van der Waals surface area (Å²) >= 11 is 0. The van der Waals surface area contributed by atoms with E-state index in [1.165, 1.54) is 13.1 Å². The van der Waals surface area contributed by atoms with E-state index in [2.05, 4.69) is 15.3 Å². The molecular weight excluding hydrogens is 226 g/mol. The molecule has 90 valence electrons. The van der Waals surface area contributed by atoms with Crippen LogP contribution in [0, 0.1) is 0 Å². The van der Waals surface area contributed by atoms with Crippen LogP contribution >= 0.6 is 0 Å². The predicted molar refractivity (Wildman–Crippen MR) is 60.4 cm³/mol. The van der Waals surface area contributed by atoms with Gasteiger partial charge in [-0.3, -0.25) is 4.57 Å². The van der Waals surface area contributed by atoms with E-state index in [0.29, 0.717) is 11.5 Å². The molecule has 0 bridgehead atoms. The fraction of sp³-hybridized carbons (Fsp3) is 0.273. The summed E-state index contributed by atoms with van der Waals surface area (Å²) in [5.41, 5.74) is 0.571. The Labute approximate surface area is 97.3 Å². The first kappa shape index (κ1) is 11.5. The molecule has 0 saturated carbocycles. The smallest absolute Gasteiger partial charge is 0.258 e. The summed E-state index contributed by atoms with van der Waals surface area (Å²) in [7, 11) is 0. The zero-order chi connectivity index (χ0) is 12.3. The topological polar surface area (TPSA) is 42.7 Å². The van der Waals surface area contributed by atoms with Gasteiger partial charge in [-0.15, -0.1) is 0 Å². The van der Waals surface area contributed by atoms with E-state index in [0.717, 1.165) is 0 Å². The second kappa shape index (κ2) is 4.90. The number of imidazole rings is 1. The maximum absolute atomic E-state index is 12.3. The van der Waals surface area contributed by atoms with Crippen LogP contribution in [0.1, 0.15) is 6.92 Å². The molecule has 0 aliphatic carbocycles. The lowest BCUT2D eigenvalue weighted by atomic mass is 10.3. The van der Waals surface area contributed by atoms with Gasteiger partial charge >= 0.3 is 0 Å². The van der Waals surface area contributed by atoms with Crippen molar-refractivity contribution < 1.29 is 8.78 Å². The van der Waals surface area contributed by atoms with Crippen molar-refractivity contribution in [2.24, 2.45) is 0 Å². The molecule has 2 aromatic rings. The van der Waals surface area contributed by atoms with Crippen LogP contribution in [-0.2, 0) is 0 Å². The van der Waals surface area contributed by atoms with Gasteiger partial charge in [-0.1, -0.05) is 0 Å². The first-order valence-electron chi connectivity index (χ1n) is 5.16. The van der Waals surface area contributed by atoms with Gasteiger partial charge in [0.25, 0.3) is 6.43 Å². The van der Waals surface area contributed by atoms with Crippen molar-refractivity contribution >= 4 is 5.69 Å². The molecule has 2 heterocycles. The first-order chi connectivity index (χ1) is 8.16. The van der Waals surface area contributed by atoms with Crippen LogP contribution in [0.4, 0.5) is 14.5 Å². The Hall–Kier alpha value is -1.98. The van der Waals surface area contributed by atoms with Crippen LogP contribution in [0.15, 0.2) is 37.1 Å². The molecule has 17 heavy (non-hydrogen) atoms. The number of rotatable bonds is 4. The van der Waals surface area contributed by atoms with Crippen LogP contribution in [0.25, 0.3) is 5.82 Å². The number of halogens is 2. The minimum Gasteiger partial charge on any atom is -0.376 e. The molecule has 0 radical (unpaired) electrons. The van der Waals surface area contributed by atoms with Crippen molar-refractivity contribution in [3.8, 4) is 5.82 Å². The zero-order valence-electron chi connectivity index (χ0n) is 9.22. The van der Waals surface area contributed by atoms with Crippen molar-refractivity contribution in [1.82, 2.24) is 14.5 Å². The van der Waals surface area contributed by atoms with Crippen LogP contribution in [0.2, 0.25) is 0 Å². The van der Waals surface area contributed by atoms with Crippen molar-refractivity contribution in [2.75, 3.05) is 5.32 Å². The van der Waals surface area contributed by atoms with E-state index in [1.807, 2.05) is 0 Å². The molecule has 0 saturated heterocycles. The number of hydrogen-bond acceptors (Lipinski definition) is 3. The molecule has 0 spiro atoms. The number of nitrogens with one attached hydrogen (secondary N) is 1. The second-order valence-electron chi connectivity index (χ2n) is 3.64. The third kappa shape index (κ3) is 2.77. The number of aromatic nitrogens is 3. The maximum Gasteiger partial charge on any atom is 0.258 e. The van der Waals surface area contributed by atoms with Crippen LogP contribution < -0.4 is 5.32 Å².